The molecule has 5 aromatic rings. The van der Waals surface area contributed by atoms with E-state index in [0.717, 1.165) is 56.4 Å². The minimum Gasteiger partial charge on any atom is -0.409 e. The Bertz CT molecular complexity index is 3000. The van der Waals surface area contributed by atoms with Gasteiger partial charge in [-0.15, -0.1) is 0 Å². The van der Waals surface area contributed by atoms with E-state index in [1.165, 1.54) is 12.2 Å². The van der Waals surface area contributed by atoms with Crippen molar-refractivity contribution >= 4 is 90.2 Å². The van der Waals surface area contributed by atoms with Crippen LogP contribution in [0.15, 0.2) is 96.0 Å². The third-order valence-electron chi connectivity index (χ3n) is 13.8. The van der Waals surface area contributed by atoms with Gasteiger partial charge in [-0.05, 0) is 60.7 Å². The number of benzene rings is 4. The Morgan fingerprint density at radius 3 is 2.05 bits per heavy atom. The zero-order valence-electron chi connectivity index (χ0n) is 43.6. The highest BCUT2D eigenvalue weighted by Crippen LogP contribution is 2.46. The van der Waals surface area contributed by atoms with Crippen LogP contribution in [0.1, 0.15) is 76.1 Å². The highest BCUT2D eigenvalue weighted by atomic mass is 79.9. The normalized spacial score (nSPS) is 15.8. The number of amides is 4. The molecular weight excluding hydrogens is 1050 g/mol. The number of alkyl halides is 1. The topological polar surface area (TPSA) is 207 Å². The summed E-state index contributed by atoms with van der Waals surface area (Å²) in [4.78, 5) is 103. The first-order chi connectivity index (χ1) is 37.4. The fraction of sp³-hybridized carbons (Fsp3) is 0.414. The van der Waals surface area contributed by atoms with E-state index in [9.17, 15) is 33.6 Å². The molecule has 1 saturated heterocycles. The Morgan fingerprint density at radius 2 is 1.36 bits per heavy atom. The van der Waals surface area contributed by atoms with Gasteiger partial charge in [-0.3, -0.25) is 38.7 Å². The minimum atomic E-state index is -0.406. The number of fused-ring (bicyclic) bond motifs is 4. The van der Waals surface area contributed by atoms with Crippen LogP contribution < -0.4 is 9.64 Å². The molecule has 0 spiro atoms. The van der Waals surface area contributed by atoms with Crippen LogP contribution in [-0.4, -0.2) is 178 Å². The molecule has 4 heterocycles. The number of likely N-dealkylation sites (N-methyl/N-ethyl adjacent to an activating group) is 1. The number of aromatic amines is 1. The first-order valence-electron chi connectivity index (χ1n) is 26.1. The molecule has 0 radical (unpaired) electrons. The molecule has 0 aliphatic carbocycles. The van der Waals surface area contributed by atoms with Gasteiger partial charge in [0.1, 0.15) is 17.2 Å². The molecule has 1 aromatic heterocycles. The molecule has 8 rings (SSSR count). The van der Waals surface area contributed by atoms with Crippen LogP contribution in [-0.2, 0) is 44.5 Å². The smallest absolute Gasteiger partial charge is 0.409 e. The lowest BCUT2D eigenvalue weighted by molar-refractivity contribution is -0.137. The van der Waals surface area contributed by atoms with Crippen molar-refractivity contribution in [1.82, 2.24) is 19.7 Å². The number of halogens is 1. The quantitative estimate of drug-likeness (QED) is 0.0174. The minimum absolute atomic E-state index is 0.0130. The van der Waals surface area contributed by atoms with Crippen LogP contribution in [0.4, 0.5) is 10.5 Å². The van der Waals surface area contributed by atoms with Crippen LogP contribution >= 0.6 is 15.9 Å². The number of nitrogens with one attached hydrogen (secondary N) is 1. The molecule has 0 bridgehead atoms. The van der Waals surface area contributed by atoms with Crippen molar-refractivity contribution in [3.8, 4) is 5.75 Å². The molecule has 1 atom stereocenters. The number of Topliss-reactive ketones (excluding diaryl/α,β-unsaturated/α-hetero) is 3. The van der Waals surface area contributed by atoms with Gasteiger partial charge in [0.15, 0.2) is 11.6 Å². The summed E-state index contributed by atoms with van der Waals surface area (Å²) in [5, 5.41) is 3.20. The standard InChI is InChI=1S/C58H65BrN6O12/c1-39(60-37-46(67)18-25-74-27-29-76-31-30-75-28-26-73-24-5-6-45(66)17-19-64-54(69)15-16-55(64)70)41-10-12-42(13-11-41)52(68)33-40-9-14-49-43(32-40)34-50(61-49)57(71)65-38-44(36-59)56-48-8-4-3-7-47(48)53(35-51(56)65)77-58(72)63-22-20-62(2)21-23-63/h3-4,7-16,32,34-35,44,61H,5-6,17-31,33,36-38H2,1-2H3/t44-/m1/s1. The Hall–Kier alpha value is -6.74. The van der Waals surface area contributed by atoms with Gasteiger partial charge in [0.25, 0.3) is 17.7 Å². The number of nitrogens with zero attached hydrogens (tertiary/aromatic N) is 5. The molecule has 0 unspecified atom stereocenters. The van der Waals surface area contributed by atoms with E-state index in [1.807, 2.05) is 80.7 Å². The second kappa shape index (κ2) is 27.5. The molecule has 3 aliphatic heterocycles. The maximum atomic E-state index is 14.4. The second-order valence-electron chi connectivity index (χ2n) is 19.3. The number of piperazine rings is 1. The van der Waals surface area contributed by atoms with E-state index in [2.05, 4.69) is 30.8 Å². The van der Waals surface area contributed by atoms with Crippen LogP contribution in [0.3, 0.4) is 0 Å². The van der Waals surface area contributed by atoms with Gasteiger partial charge in [0.2, 0.25) is 0 Å². The molecular formula is C58H65BrN6O12. The maximum Gasteiger partial charge on any atom is 0.415 e. The number of carbonyl (C=O) groups is 7. The highest BCUT2D eigenvalue weighted by molar-refractivity contribution is 9.09. The fourth-order valence-electron chi connectivity index (χ4n) is 9.41. The summed E-state index contributed by atoms with van der Waals surface area (Å²) in [6.07, 6.45) is 3.37. The molecule has 4 aromatic carbocycles. The molecule has 0 saturated carbocycles. The lowest BCUT2D eigenvalue weighted by atomic mass is 9.95. The molecule has 18 nitrogen and oxygen atoms in total. The zero-order valence-corrected chi connectivity index (χ0v) is 45.2. The molecule has 406 valence electrons. The van der Waals surface area contributed by atoms with Gasteiger partial charge < -0.3 is 43.4 Å². The van der Waals surface area contributed by atoms with Crippen molar-refractivity contribution in [3.05, 3.63) is 119 Å². The number of hydrogen-bond donors (Lipinski definition) is 1. The van der Waals surface area contributed by atoms with Gasteiger partial charge in [-0.2, -0.15) is 0 Å². The number of hydrogen-bond acceptors (Lipinski definition) is 14. The number of H-pyrrole nitrogens is 1. The average Bonchev–Trinajstić information content (AvgIpc) is 4.18. The first-order valence-corrected chi connectivity index (χ1v) is 27.2. The summed E-state index contributed by atoms with van der Waals surface area (Å²) >= 11 is 3.70. The third-order valence-corrected chi connectivity index (χ3v) is 14.6. The number of rotatable bonds is 28. The van der Waals surface area contributed by atoms with Crippen molar-refractivity contribution in [2.24, 2.45) is 4.99 Å². The summed E-state index contributed by atoms with van der Waals surface area (Å²) in [5.74, 6) is -0.710. The van der Waals surface area contributed by atoms with Crippen molar-refractivity contribution in [3.63, 3.8) is 0 Å². The molecule has 19 heteroatoms. The van der Waals surface area contributed by atoms with Crippen LogP contribution in [0.25, 0.3) is 21.7 Å². The largest absolute Gasteiger partial charge is 0.415 e. The van der Waals surface area contributed by atoms with Crippen molar-refractivity contribution in [2.45, 2.75) is 44.9 Å². The van der Waals surface area contributed by atoms with Crippen molar-refractivity contribution in [1.29, 1.82) is 0 Å². The van der Waals surface area contributed by atoms with Gasteiger partial charge in [0.05, 0.1) is 58.5 Å². The van der Waals surface area contributed by atoms with E-state index < -0.39 is 6.09 Å². The maximum absolute atomic E-state index is 14.4. The van der Waals surface area contributed by atoms with Gasteiger partial charge in [-0.1, -0.05) is 70.5 Å². The van der Waals surface area contributed by atoms with Crippen LogP contribution in [0.5, 0.6) is 5.75 Å². The Kier molecular flexibility index (Phi) is 20.2. The van der Waals surface area contributed by atoms with E-state index in [4.69, 9.17) is 23.7 Å². The summed E-state index contributed by atoms with van der Waals surface area (Å²) in [7, 11) is 2.03. The Morgan fingerprint density at radius 1 is 0.714 bits per heavy atom. The average molecular weight is 1120 g/mol. The van der Waals surface area contributed by atoms with Crippen molar-refractivity contribution < 1.29 is 57.2 Å². The monoisotopic (exact) mass is 1120 g/mol. The molecule has 1 N–H and O–H groups in total. The number of aliphatic imine (C=N–C) groups is 1. The highest BCUT2D eigenvalue weighted by Gasteiger charge is 2.36. The summed E-state index contributed by atoms with van der Waals surface area (Å²) in [6, 6.07) is 24.4. The molecule has 77 heavy (non-hydrogen) atoms. The first kappa shape index (κ1) is 56.5. The third kappa shape index (κ3) is 15.1. The Labute approximate surface area is 455 Å². The number of carbonyl (C=O) groups excluding carboxylic acids is 7. The summed E-state index contributed by atoms with van der Waals surface area (Å²) in [6.45, 7) is 7.94. The number of aromatic nitrogens is 1. The predicted octanol–water partition coefficient (Wildman–Crippen LogP) is 7.13. The molecule has 4 amide bonds. The summed E-state index contributed by atoms with van der Waals surface area (Å²) < 4.78 is 28.1. The van der Waals surface area contributed by atoms with Crippen LogP contribution in [0.2, 0.25) is 0 Å². The van der Waals surface area contributed by atoms with E-state index in [1.54, 1.807) is 21.9 Å². The summed E-state index contributed by atoms with van der Waals surface area (Å²) in [5.41, 5.74) is 5.73. The molecule has 3 aliphatic rings. The lowest BCUT2D eigenvalue weighted by Crippen LogP contribution is -2.48. The molecule has 1 fully saturated rings. The lowest BCUT2D eigenvalue weighted by Gasteiger charge is -2.31. The predicted molar refractivity (Wildman–Crippen MR) is 295 cm³/mol. The number of anilines is 1. The van der Waals surface area contributed by atoms with Crippen molar-refractivity contribution in [2.75, 3.05) is 116 Å². The Balaban J connectivity index is 0.722. The number of ketones is 3. The number of imide groups is 1. The zero-order chi connectivity index (χ0) is 54.3. The van der Waals surface area contributed by atoms with Crippen LogP contribution in [0, 0.1) is 0 Å². The van der Waals surface area contributed by atoms with E-state index in [-0.39, 0.29) is 79.9 Å². The SMILES string of the molecule is CC(=NCC(=O)CCOCCOCCOCCOCCCC(=O)CCN1C(=O)C=CC1=O)c1ccc(C(=O)Cc2ccc3[nH]c(C(=O)N4C[C@@H](CBr)c5c4cc(OC(=O)N4CCN(C)CC4)c4ccccc54)cc3c2)cc1. The second-order valence-corrected chi connectivity index (χ2v) is 19.9. The fourth-order valence-corrected chi connectivity index (χ4v) is 9.94. The van der Waals surface area contributed by atoms with E-state index in [0.29, 0.717) is 112 Å². The van der Waals surface area contributed by atoms with E-state index >= 15 is 0 Å². The van der Waals surface area contributed by atoms with Gasteiger partial charge in [0, 0.05) is 129 Å². The van der Waals surface area contributed by atoms with Gasteiger partial charge in [-0.25, -0.2) is 4.79 Å². The van der Waals surface area contributed by atoms with Gasteiger partial charge >= 0.3 is 6.09 Å². The number of ether oxygens (including phenoxy) is 5.